The van der Waals surface area contributed by atoms with Crippen LogP contribution >= 0.6 is 0 Å². The van der Waals surface area contributed by atoms with Crippen LogP contribution < -0.4 is 11.1 Å². The van der Waals surface area contributed by atoms with Crippen LogP contribution in [0.4, 0.5) is 11.8 Å². The fourth-order valence-electron chi connectivity index (χ4n) is 3.29. The standard InChI is InChI=1S/C19H22N6O/c20-19-22-15-9-5-4-8-14(15)18(24-19)21-11-10-17-23-16(25-26-17)12-13-6-2-1-3-7-13/h1-3,6-7H,4-5,8-12H2,(H3,20,21,22,24). The molecule has 3 N–H and O–H groups in total. The highest BCUT2D eigenvalue weighted by Gasteiger charge is 2.17. The summed E-state index contributed by atoms with van der Waals surface area (Å²) in [7, 11) is 0. The van der Waals surface area contributed by atoms with Gasteiger partial charge in [-0.15, -0.1) is 0 Å². The van der Waals surface area contributed by atoms with Crippen LogP contribution in [0.1, 0.15) is 41.4 Å². The molecule has 1 aliphatic carbocycles. The summed E-state index contributed by atoms with van der Waals surface area (Å²) in [5.41, 5.74) is 9.28. The van der Waals surface area contributed by atoms with Gasteiger partial charge in [0.15, 0.2) is 5.82 Å². The number of aromatic nitrogens is 4. The molecule has 1 aromatic carbocycles. The summed E-state index contributed by atoms with van der Waals surface area (Å²) < 4.78 is 5.35. The van der Waals surface area contributed by atoms with Gasteiger partial charge >= 0.3 is 0 Å². The average molecular weight is 350 g/mol. The van der Waals surface area contributed by atoms with E-state index in [0.717, 1.165) is 30.8 Å². The Morgan fingerprint density at radius 1 is 1.04 bits per heavy atom. The van der Waals surface area contributed by atoms with E-state index in [9.17, 15) is 0 Å². The number of aryl methyl sites for hydroxylation is 1. The summed E-state index contributed by atoms with van der Waals surface area (Å²) in [5, 5.41) is 7.42. The number of nitrogens with one attached hydrogen (secondary N) is 1. The molecule has 0 aliphatic heterocycles. The molecule has 0 bridgehead atoms. The molecular weight excluding hydrogens is 328 g/mol. The second kappa shape index (κ2) is 7.51. The van der Waals surface area contributed by atoms with Crippen LogP contribution in [0.2, 0.25) is 0 Å². The largest absolute Gasteiger partial charge is 0.369 e. The van der Waals surface area contributed by atoms with Crippen molar-refractivity contribution < 1.29 is 4.52 Å². The molecule has 1 aliphatic rings. The Balaban J connectivity index is 1.36. The number of nitrogen functional groups attached to an aromatic ring is 1. The Hall–Kier alpha value is -2.96. The van der Waals surface area contributed by atoms with Crippen LogP contribution in [0.5, 0.6) is 0 Å². The Bertz CT molecular complexity index is 877. The van der Waals surface area contributed by atoms with Gasteiger partial charge in [0, 0.05) is 24.9 Å². The zero-order valence-electron chi connectivity index (χ0n) is 14.6. The number of hydrogen-bond acceptors (Lipinski definition) is 7. The molecule has 3 aromatic rings. The fourth-order valence-corrected chi connectivity index (χ4v) is 3.29. The number of nitrogens with zero attached hydrogens (tertiary/aromatic N) is 4. The maximum absolute atomic E-state index is 5.84. The summed E-state index contributed by atoms with van der Waals surface area (Å²) in [6, 6.07) is 10.1. The number of fused-ring (bicyclic) bond motifs is 1. The molecule has 4 rings (SSSR count). The molecule has 0 radical (unpaired) electrons. The first-order chi connectivity index (χ1) is 12.8. The van der Waals surface area contributed by atoms with Gasteiger partial charge in [-0.25, -0.2) is 4.98 Å². The zero-order valence-corrected chi connectivity index (χ0v) is 14.6. The Labute approximate surface area is 152 Å². The minimum atomic E-state index is 0.330. The van der Waals surface area contributed by atoms with Gasteiger partial charge in [-0.3, -0.25) is 0 Å². The van der Waals surface area contributed by atoms with Gasteiger partial charge in [-0.2, -0.15) is 9.97 Å². The zero-order chi connectivity index (χ0) is 17.8. The van der Waals surface area contributed by atoms with Crippen molar-refractivity contribution in [1.82, 2.24) is 20.1 Å². The highest BCUT2D eigenvalue weighted by molar-refractivity contribution is 5.50. The highest BCUT2D eigenvalue weighted by atomic mass is 16.5. The van der Waals surface area contributed by atoms with Crippen LogP contribution in [0.15, 0.2) is 34.9 Å². The Kier molecular flexibility index (Phi) is 4.77. The summed E-state index contributed by atoms with van der Waals surface area (Å²) in [6.07, 6.45) is 5.62. The predicted octanol–water partition coefficient (Wildman–Crippen LogP) is 2.57. The average Bonchev–Trinajstić information content (AvgIpc) is 3.09. The van der Waals surface area contributed by atoms with E-state index in [2.05, 4.69) is 37.6 Å². The lowest BCUT2D eigenvalue weighted by Gasteiger charge is -2.18. The van der Waals surface area contributed by atoms with Crippen LogP contribution in [-0.2, 0) is 25.7 Å². The quantitative estimate of drug-likeness (QED) is 0.704. The number of hydrogen-bond donors (Lipinski definition) is 2. The van der Waals surface area contributed by atoms with Gasteiger partial charge < -0.3 is 15.6 Å². The minimum Gasteiger partial charge on any atom is -0.369 e. The van der Waals surface area contributed by atoms with Crippen molar-refractivity contribution in [2.75, 3.05) is 17.6 Å². The smallest absolute Gasteiger partial charge is 0.228 e. The third kappa shape index (κ3) is 3.82. The van der Waals surface area contributed by atoms with Crippen LogP contribution in [0.3, 0.4) is 0 Å². The van der Waals surface area contributed by atoms with Gasteiger partial charge in [-0.1, -0.05) is 35.5 Å². The van der Waals surface area contributed by atoms with Crippen LogP contribution in [-0.4, -0.2) is 26.7 Å². The van der Waals surface area contributed by atoms with E-state index in [1.165, 1.54) is 17.5 Å². The van der Waals surface area contributed by atoms with Gasteiger partial charge in [0.25, 0.3) is 0 Å². The SMILES string of the molecule is Nc1nc2c(c(NCCc3nc(Cc4ccccc4)no3)n1)CCCC2. The van der Waals surface area contributed by atoms with Crippen molar-refractivity contribution in [1.29, 1.82) is 0 Å². The molecule has 2 aromatic heterocycles. The lowest BCUT2D eigenvalue weighted by atomic mass is 9.96. The lowest BCUT2D eigenvalue weighted by Crippen LogP contribution is -2.16. The van der Waals surface area contributed by atoms with Gasteiger partial charge in [0.05, 0.1) is 5.69 Å². The molecule has 26 heavy (non-hydrogen) atoms. The summed E-state index contributed by atoms with van der Waals surface area (Å²) in [6.45, 7) is 0.663. The van der Waals surface area contributed by atoms with E-state index in [1.807, 2.05) is 18.2 Å². The normalized spacial score (nSPS) is 13.4. The first kappa shape index (κ1) is 16.5. The monoisotopic (exact) mass is 350 g/mol. The molecule has 0 unspecified atom stereocenters. The predicted molar refractivity (Wildman–Crippen MR) is 98.8 cm³/mol. The first-order valence-corrected chi connectivity index (χ1v) is 9.02. The Morgan fingerprint density at radius 2 is 1.88 bits per heavy atom. The van der Waals surface area contributed by atoms with E-state index in [1.54, 1.807) is 0 Å². The van der Waals surface area contributed by atoms with Crippen LogP contribution in [0, 0.1) is 0 Å². The molecule has 7 nitrogen and oxygen atoms in total. The molecular formula is C19H22N6O. The second-order valence-electron chi connectivity index (χ2n) is 6.51. The van der Waals surface area contributed by atoms with E-state index in [4.69, 9.17) is 10.3 Å². The third-order valence-electron chi connectivity index (χ3n) is 4.55. The highest BCUT2D eigenvalue weighted by Crippen LogP contribution is 2.25. The maximum atomic E-state index is 5.84. The first-order valence-electron chi connectivity index (χ1n) is 9.02. The minimum absolute atomic E-state index is 0.330. The number of anilines is 2. The summed E-state index contributed by atoms with van der Waals surface area (Å²) in [5.74, 6) is 2.50. The molecule has 0 saturated heterocycles. The van der Waals surface area contributed by atoms with Gasteiger partial charge in [0.2, 0.25) is 11.8 Å². The Morgan fingerprint density at radius 3 is 2.77 bits per heavy atom. The third-order valence-corrected chi connectivity index (χ3v) is 4.55. The number of benzene rings is 1. The van der Waals surface area contributed by atoms with E-state index < -0.39 is 0 Å². The molecule has 2 heterocycles. The van der Waals surface area contributed by atoms with Gasteiger partial charge in [0.1, 0.15) is 5.82 Å². The maximum Gasteiger partial charge on any atom is 0.228 e. The van der Waals surface area contributed by atoms with Crippen molar-refractivity contribution in [2.45, 2.75) is 38.5 Å². The summed E-state index contributed by atoms with van der Waals surface area (Å²) >= 11 is 0. The lowest BCUT2D eigenvalue weighted by molar-refractivity contribution is 0.376. The van der Waals surface area contributed by atoms with Crippen molar-refractivity contribution in [3.05, 3.63) is 58.9 Å². The number of nitrogens with two attached hydrogens (primary N) is 1. The second-order valence-corrected chi connectivity index (χ2v) is 6.51. The molecule has 0 spiro atoms. The van der Waals surface area contributed by atoms with Crippen LogP contribution in [0.25, 0.3) is 0 Å². The van der Waals surface area contributed by atoms with Crippen molar-refractivity contribution >= 4 is 11.8 Å². The topological polar surface area (TPSA) is 103 Å². The molecule has 0 fully saturated rings. The molecule has 134 valence electrons. The number of rotatable bonds is 6. The molecule has 7 heteroatoms. The van der Waals surface area contributed by atoms with E-state index in [-0.39, 0.29) is 0 Å². The van der Waals surface area contributed by atoms with Crippen molar-refractivity contribution in [3.63, 3.8) is 0 Å². The fraction of sp³-hybridized carbons (Fsp3) is 0.368. The van der Waals surface area contributed by atoms with E-state index in [0.29, 0.717) is 37.0 Å². The molecule has 0 saturated carbocycles. The van der Waals surface area contributed by atoms with Gasteiger partial charge in [-0.05, 0) is 31.2 Å². The summed E-state index contributed by atoms with van der Waals surface area (Å²) in [4.78, 5) is 13.2. The molecule has 0 amide bonds. The molecule has 0 atom stereocenters. The van der Waals surface area contributed by atoms with Crippen molar-refractivity contribution in [2.24, 2.45) is 0 Å². The van der Waals surface area contributed by atoms with Crippen molar-refractivity contribution in [3.8, 4) is 0 Å². The van der Waals surface area contributed by atoms with E-state index >= 15 is 0 Å².